The molecule has 1 saturated heterocycles. The Morgan fingerprint density at radius 1 is 1.56 bits per heavy atom. The van der Waals surface area contributed by atoms with E-state index in [1.807, 2.05) is 25.1 Å². The highest BCUT2D eigenvalue weighted by molar-refractivity contribution is 9.10. The van der Waals surface area contributed by atoms with Crippen LogP contribution in [0, 0.1) is 6.92 Å². The van der Waals surface area contributed by atoms with Crippen molar-refractivity contribution < 1.29 is 14.6 Å². The van der Waals surface area contributed by atoms with Crippen LogP contribution in [-0.4, -0.2) is 29.8 Å². The monoisotopic (exact) mass is 313 g/mol. The first-order valence-corrected chi connectivity index (χ1v) is 6.74. The second-order valence-electron chi connectivity index (χ2n) is 4.51. The minimum Gasteiger partial charge on any atom is -0.479 e. The largest absolute Gasteiger partial charge is 0.479 e. The maximum atomic E-state index is 10.8. The molecule has 1 aliphatic heterocycles. The Kier molecular flexibility index (Phi) is 4.24. The number of benzene rings is 1. The van der Waals surface area contributed by atoms with Crippen LogP contribution in [0.15, 0.2) is 22.7 Å². The van der Waals surface area contributed by atoms with E-state index in [4.69, 9.17) is 9.84 Å². The molecule has 0 aromatic heterocycles. The molecule has 1 aromatic rings. The molecule has 98 valence electrons. The first kappa shape index (κ1) is 13.4. The van der Waals surface area contributed by atoms with E-state index in [1.54, 1.807) is 0 Å². The predicted octanol–water partition coefficient (Wildman–Crippen LogP) is 2.80. The number of aliphatic carboxylic acids is 1. The van der Waals surface area contributed by atoms with Gasteiger partial charge in [-0.15, -0.1) is 0 Å². The number of anilines is 1. The van der Waals surface area contributed by atoms with Gasteiger partial charge in [-0.05, 0) is 43.5 Å². The van der Waals surface area contributed by atoms with E-state index in [0.29, 0.717) is 13.0 Å². The van der Waals surface area contributed by atoms with Crippen molar-refractivity contribution in [1.29, 1.82) is 0 Å². The Labute approximate surface area is 114 Å². The zero-order chi connectivity index (χ0) is 13.1. The summed E-state index contributed by atoms with van der Waals surface area (Å²) in [5, 5.41) is 12.1. The van der Waals surface area contributed by atoms with Gasteiger partial charge in [0.1, 0.15) is 0 Å². The van der Waals surface area contributed by atoms with Crippen LogP contribution in [-0.2, 0) is 9.53 Å². The van der Waals surface area contributed by atoms with E-state index in [1.165, 1.54) is 0 Å². The van der Waals surface area contributed by atoms with Crippen LogP contribution in [0.1, 0.15) is 18.4 Å². The summed E-state index contributed by atoms with van der Waals surface area (Å²) in [4.78, 5) is 10.8. The molecule has 4 nitrogen and oxygen atoms in total. The molecule has 2 atom stereocenters. The van der Waals surface area contributed by atoms with Gasteiger partial charge in [0.15, 0.2) is 6.10 Å². The first-order valence-electron chi connectivity index (χ1n) is 5.94. The summed E-state index contributed by atoms with van der Waals surface area (Å²) in [6.45, 7) is 2.67. The average Bonchev–Trinajstić information content (AvgIpc) is 2.79. The van der Waals surface area contributed by atoms with Crippen LogP contribution >= 0.6 is 15.9 Å². The maximum absolute atomic E-state index is 10.8. The molecule has 0 bridgehead atoms. The fourth-order valence-electron chi connectivity index (χ4n) is 2.02. The van der Waals surface area contributed by atoms with Crippen molar-refractivity contribution in [2.75, 3.05) is 11.9 Å². The summed E-state index contributed by atoms with van der Waals surface area (Å²) in [7, 11) is 0. The molecule has 2 rings (SSSR count). The minimum atomic E-state index is -0.864. The van der Waals surface area contributed by atoms with Crippen LogP contribution in [0.5, 0.6) is 0 Å². The van der Waals surface area contributed by atoms with Crippen LogP contribution < -0.4 is 5.32 Å². The Morgan fingerprint density at radius 3 is 2.94 bits per heavy atom. The van der Waals surface area contributed by atoms with Crippen molar-refractivity contribution in [2.45, 2.75) is 32.0 Å². The predicted molar refractivity (Wildman–Crippen MR) is 72.9 cm³/mol. The van der Waals surface area contributed by atoms with E-state index in [9.17, 15) is 4.79 Å². The molecule has 5 heteroatoms. The SMILES string of the molecule is Cc1cc(NCC2CCC(C(=O)O)O2)ccc1Br. The van der Waals surface area contributed by atoms with Gasteiger partial charge in [0.05, 0.1) is 6.10 Å². The summed E-state index contributed by atoms with van der Waals surface area (Å²) in [6, 6.07) is 6.03. The molecule has 1 aromatic carbocycles. The summed E-state index contributed by atoms with van der Waals surface area (Å²) >= 11 is 3.45. The summed E-state index contributed by atoms with van der Waals surface area (Å²) in [6.07, 6.45) is 0.735. The van der Waals surface area contributed by atoms with E-state index in [-0.39, 0.29) is 6.10 Å². The first-order chi connectivity index (χ1) is 8.56. The minimum absolute atomic E-state index is 0.0185. The number of halogens is 1. The molecule has 1 heterocycles. The van der Waals surface area contributed by atoms with E-state index in [0.717, 1.165) is 22.1 Å². The average molecular weight is 314 g/mol. The Morgan fingerprint density at radius 2 is 2.33 bits per heavy atom. The number of carboxylic acid groups (broad SMARTS) is 1. The molecule has 18 heavy (non-hydrogen) atoms. The molecule has 0 spiro atoms. The molecule has 1 fully saturated rings. The summed E-state index contributed by atoms with van der Waals surface area (Å²) < 4.78 is 6.51. The van der Waals surface area contributed by atoms with Crippen LogP contribution in [0.2, 0.25) is 0 Å². The molecule has 1 aliphatic rings. The van der Waals surface area contributed by atoms with Crippen molar-refractivity contribution in [3.05, 3.63) is 28.2 Å². The maximum Gasteiger partial charge on any atom is 0.332 e. The van der Waals surface area contributed by atoms with Crippen molar-refractivity contribution in [3.8, 4) is 0 Å². The van der Waals surface area contributed by atoms with Gasteiger partial charge >= 0.3 is 5.97 Å². The molecule has 0 aliphatic carbocycles. The highest BCUT2D eigenvalue weighted by Crippen LogP contribution is 2.22. The summed E-state index contributed by atoms with van der Waals surface area (Å²) in [5.74, 6) is -0.864. The zero-order valence-electron chi connectivity index (χ0n) is 10.1. The number of ether oxygens (including phenoxy) is 1. The molecule has 2 unspecified atom stereocenters. The van der Waals surface area contributed by atoms with Crippen molar-refractivity contribution >= 4 is 27.6 Å². The smallest absolute Gasteiger partial charge is 0.332 e. The number of aryl methyl sites for hydroxylation is 1. The number of carboxylic acids is 1. The third-order valence-electron chi connectivity index (χ3n) is 3.07. The lowest BCUT2D eigenvalue weighted by atomic mass is 10.2. The van der Waals surface area contributed by atoms with Crippen LogP contribution in [0.25, 0.3) is 0 Å². The molecule has 0 amide bonds. The highest BCUT2D eigenvalue weighted by Gasteiger charge is 2.30. The Hall–Kier alpha value is -1.07. The van der Waals surface area contributed by atoms with Crippen molar-refractivity contribution in [1.82, 2.24) is 0 Å². The normalized spacial score (nSPS) is 23.0. The summed E-state index contributed by atoms with van der Waals surface area (Å²) in [5.41, 5.74) is 2.19. The molecule has 0 radical (unpaired) electrons. The number of hydrogen-bond acceptors (Lipinski definition) is 3. The number of nitrogens with one attached hydrogen (secondary N) is 1. The quantitative estimate of drug-likeness (QED) is 0.897. The highest BCUT2D eigenvalue weighted by atomic mass is 79.9. The lowest BCUT2D eigenvalue weighted by Gasteiger charge is -2.13. The van der Waals surface area contributed by atoms with Gasteiger partial charge in [-0.2, -0.15) is 0 Å². The van der Waals surface area contributed by atoms with Gasteiger partial charge < -0.3 is 15.2 Å². The molecule has 0 saturated carbocycles. The van der Waals surface area contributed by atoms with Gasteiger partial charge in [0.25, 0.3) is 0 Å². The van der Waals surface area contributed by atoms with Crippen LogP contribution in [0.4, 0.5) is 5.69 Å². The number of carbonyl (C=O) groups is 1. The third kappa shape index (κ3) is 3.23. The lowest BCUT2D eigenvalue weighted by molar-refractivity contribution is -0.149. The van der Waals surface area contributed by atoms with E-state index >= 15 is 0 Å². The van der Waals surface area contributed by atoms with Crippen molar-refractivity contribution in [3.63, 3.8) is 0 Å². The molecular formula is C13H16BrNO3. The second kappa shape index (κ2) is 5.71. The van der Waals surface area contributed by atoms with E-state index < -0.39 is 12.1 Å². The topological polar surface area (TPSA) is 58.6 Å². The van der Waals surface area contributed by atoms with Crippen LogP contribution in [0.3, 0.4) is 0 Å². The van der Waals surface area contributed by atoms with Gasteiger partial charge in [0.2, 0.25) is 0 Å². The number of rotatable bonds is 4. The Bertz CT molecular complexity index is 450. The standard InChI is InChI=1S/C13H16BrNO3/c1-8-6-9(2-4-11(8)14)15-7-10-3-5-12(18-10)13(16)17/h2,4,6,10,12,15H,3,5,7H2,1H3,(H,16,17). The van der Waals surface area contributed by atoms with Gasteiger partial charge in [0, 0.05) is 16.7 Å². The lowest BCUT2D eigenvalue weighted by Crippen LogP contribution is -2.24. The fourth-order valence-corrected chi connectivity index (χ4v) is 2.27. The van der Waals surface area contributed by atoms with Crippen molar-refractivity contribution in [2.24, 2.45) is 0 Å². The molecular weight excluding hydrogens is 298 g/mol. The van der Waals surface area contributed by atoms with E-state index in [2.05, 4.69) is 21.2 Å². The zero-order valence-corrected chi connectivity index (χ0v) is 11.7. The van der Waals surface area contributed by atoms with Gasteiger partial charge in [-0.1, -0.05) is 15.9 Å². The fraction of sp³-hybridized carbons (Fsp3) is 0.462. The van der Waals surface area contributed by atoms with Gasteiger partial charge in [-0.25, -0.2) is 4.79 Å². The third-order valence-corrected chi connectivity index (χ3v) is 3.96. The Balaban J connectivity index is 1.85. The van der Waals surface area contributed by atoms with Gasteiger partial charge in [-0.3, -0.25) is 0 Å². The second-order valence-corrected chi connectivity index (χ2v) is 5.36. The molecule has 2 N–H and O–H groups in total. The number of hydrogen-bond donors (Lipinski definition) is 2.